The molecular weight excluding hydrogens is 266 g/mol. The summed E-state index contributed by atoms with van der Waals surface area (Å²) in [6, 6.07) is 5.54. The van der Waals surface area contributed by atoms with Crippen LogP contribution in [-0.4, -0.2) is 22.2 Å². The number of hydrogen-bond donors (Lipinski definition) is 0. The molecule has 0 N–H and O–H groups in total. The number of hydrogen-bond acceptors (Lipinski definition) is 3. The Kier molecular flexibility index (Phi) is 4.24. The van der Waals surface area contributed by atoms with Crippen molar-refractivity contribution in [2.45, 2.75) is 6.61 Å². The maximum Gasteiger partial charge on any atom is 0.387 e. The summed E-state index contributed by atoms with van der Waals surface area (Å²) in [4.78, 5) is 11.9. The molecule has 20 heavy (non-hydrogen) atoms. The van der Waals surface area contributed by atoms with E-state index in [2.05, 4.69) is 9.84 Å². The number of rotatable bonds is 5. The van der Waals surface area contributed by atoms with Gasteiger partial charge in [-0.15, -0.1) is 0 Å². The lowest BCUT2D eigenvalue weighted by Gasteiger charge is -2.04. The zero-order chi connectivity index (χ0) is 14.5. The zero-order valence-electron chi connectivity index (χ0n) is 10.7. The number of alkyl halides is 2. The average Bonchev–Trinajstić information content (AvgIpc) is 2.82. The molecule has 1 heterocycles. The van der Waals surface area contributed by atoms with Gasteiger partial charge in [-0.1, -0.05) is 0 Å². The Balaban J connectivity index is 2.04. The van der Waals surface area contributed by atoms with E-state index in [9.17, 15) is 13.6 Å². The van der Waals surface area contributed by atoms with E-state index in [-0.39, 0.29) is 11.5 Å². The van der Waals surface area contributed by atoms with Gasteiger partial charge in [0, 0.05) is 24.4 Å². The van der Waals surface area contributed by atoms with E-state index in [1.54, 1.807) is 30.2 Å². The Bertz CT molecular complexity index is 618. The number of benzene rings is 1. The third-order valence-corrected chi connectivity index (χ3v) is 2.52. The maximum atomic E-state index is 12.0. The Morgan fingerprint density at radius 3 is 2.60 bits per heavy atom. The monoisotopic (exact) mass is 278 g/mol. The van der Waals surface area contributed by atoms with Crippen LogP contribution in [0.1, 0.15) is 15.9 Å². The van der Waals surface area contributed by atoms with Crippen LogP contribution >= 0.6 is 0 Å². The second kappa shape index (κ2) is 6.10. The summed E-state index contributed by atoms with van der Waals surface area (Å²) in [5, 5.41) is 3.97. The number of ketones is 1. The van der Waals surface area contributed by atoms with E-state index < -0.39 is 6.61 Å². The molecule has 0 aliphatic carbocycles. The predicted octanol–water partition coefficient (Wildman–Crippen LogP) is 2.92. The second-order valence-electron chi connectivity index (χ2n) is 4.05. The van der Waals surface area contributed by atoms with Crippen molar-refractivity contribution in [1.29, 1.82) is 0 Å². The van der Waals surface area contributed by atoms with E-state index >= 15 is 0 Å². The van der Waals surface area contributed by atoms with Crippen molar-refractivity contribution in [2.24, 2.45) is 7.05 Å². The topological polar surface area (TPSA) is 44.1 Å². The van der Waals surface area contributed by atoms with Crippen molar-refractivity contribution in [3.63, 3.8) is 0 Å². The highest BCUT2D eigenvalue weighted by Crippen LogP contribution is 2.15. The zero-order valence-corrected chi connectivity index (χ0v) is 10.7. The molecule has 104 valence electrons. The van der Waals surface area contributed by atoms with Crippen LogP contribution in [0.25, 0.3) is 6.08 Å². The Morgan fingerprint density at radius 2 is 2.05 bits per heavy atom. The summed E-state index contributed by atoms with van der Waals surface area (Å²) in [6.07, 6.45) is 6.44. The quantitative estimate of drug-likeness (QED) is 0.624. The molecular formula is C14H12F2N2O2. The minimum absolute atomic E-state index is 0.0211. The average molecular weight is 278 g/mol. The van der Waals surface area contributed by atoms with Gasteiger partial charge in [0.2, 0.25) is 0 Å². The van der Waals surface area contributed by atoms with Gasteiger partial charge in [0.15, 0.2) is 5.78 Å². The fourth-order valence-corrected chi connectivity index (χ4v) is 1.59. The summed E-state index contributed by atoms with van der Waals surface area (Å²) < 4.78 is 29.8. The third kappa shape index (κ3) is 3.74. The van der Waals surface area contributed by atoms with Gasteiger partial charge in [0.25, 0.3) is 0 Å². The summed E-state index contributed by atoms with van der Waals surface area (Å²) in [6.45, 7) is -2.87. The molecule has 0 saturated heterocycles. The molecule has 4 nitrogen and oxygen atoms in total. The van der Waals surface area contributed by atoms with Crippen LogP contribution in [0.15, 0.2) is 42.7 Å². The largest absolute Gasteiger partial charge is 0.435 e. The lowest BCUT2D eigenvalue weighted by atomic mass is 10.1. The van der Waals surface area contributed by atoms with E-state index in [0.717, 1.165) is 5.56 Å². The van der Waals surface area contributed by atoms with Crippen molar-refractivity contribution >= 4 is 11.9 Å². The van der Waals surface area contributed by atoms with Crippen LogP contribution in [0, 0.1) is 0 Å². The number of aryl methyl sites for hydroxylation is 1. The molecule has 2 rings (SSSR count). The molecule has 0 saturated carbocycles. The smallest absolute Gasteiger partial charge is 0.387 e. The molecule has 0 unspecified atom stereocenters. The van der Waals surface area contributed by atoms with Gasteiger partial charge < -0.3 is 4.74 Å². The first-order valence-electron chi connectivity index (χ1n) is 5.80. The van der Waals surface area contributed by atoms with Crippen LogP contribution in [-0.2, 0) is 7.05 Å². The molecule has 0 radical (unpaired) electrons. The molecule has 0 aliphatic heterocycles. The highest BCUT2D eigenvalue weighted by atomic mass is 19.3. The van der Waals surface area contributed by atoms with Crippen LogP contribution in [0.3, 0.4) is 0 Å². The molecule has 6 heteroatoms. The fraction of sp³-hybridized carbons (Fsp3) is 0.143. The van der Waals surface area contributed by atoms with Crippen molar-refractivity contribution in [1.82, 2.24) is 9.78 Å². The van der Waals surface area contributed by atoms with Gasteiger partial charge in [-0.3, -0.25) is 9.48 Å². The number of nitrogens with zero attached hydrogens (tertiary/aromatic N) is 2. The summed E-state index contributed by atoms with van der Waals surface area (Å²) in [5.41, 5.74) is 1.20. The molecule has 1 aromatic heterocycles. The highest BCUT2D eigenvalue weighted by molar-refractivity contribution is 6.06. The second-order valence-corrected chi connectivity index (χ2v) is 4.05. The molecule has 0 atom stereocenters. The lowest BCUT2D eigenvalue weighted by Crippen LogP contribution is -2.02. The van der Waals surface area contributed by atoms with Gasteiger partial charge in [0.1, 0.15) is 5.75 Å². The Morgan fingerprint density at radius 1 is 1.35 bits per heavy atom. The Labute approximate surface area is 114 Å². The van der Waals surface area contributed by atoms with Crippen molar-refractivity contribution in [3.05, 3.63) is 53.9 Å². The number of carbonyl (C=O) groups excluding carboxylic acids is 1. The molecule has 0 aliphatic rings. The van der Waals surface area contributed by atoms with E-state index in [0.29, 0.717) is 5.56 Å². The number of halogens is 2. The van der Waals surface area contributed by atoms with Crippen LogP contribution in [0.5, 0.6) is 5.75 Å². The standard InChI is InChI=1S/C14H12F2N2O2/c1-18-9-10(8-17-18)2-7-13(19)11-3-5-12(6-4-11)20-14(15)16/h2-9,14H,1H3/b7-2+. The SMILES string of the molecule is Cn1cc(/C=C/C(=O)c2ccc(OC(F)F)cc2)cn1. The third-order valence-electron chi connectivity index (χ3n) is 2.52. The number of ether oxygens (including phenoxy) is 1. The van der Waals surface area contributed by atoms with Crippen LogP contribution in [0.2, 0.25) is 0 Å². The molecule has 0 fully saturated rings. The molecule has 0 amide bonds. The minimum atomic E-state index is -2.87. The van der Waals surface area contributed by atoms with Crippen LogP contribution < -0.4 is 4.74 Å². The van der Waals surface area contributed by atoms with Gasteiger partial charge >= 0.3 is 6.61 Å². The molecule has 2 aromatic rings. The van der Waals surface area contributed by atoms with Gasteiger partial charge in [-0.25, -0.2) is 0 Å². The van der Waals surface area contributed by atoms with Crippen LogP contribution in [0.4, 0.5) is 8.78 Å². The normalized spacial score (nSPS) is 11.2. The molecule has 0 bridgehead atoms. The van der Waals surface area contributed by atoms with Crippen molar-refractivity contribution in [3.8, 4) is 5.75 Å². The summed E-state index contributed by atoms with van der Waals surface area (Å²) >= 11 is 0. The minimum Gasteiger partial charge on any atom is -0.435 e. The number of carbonyl (C=O) groups is 1. The lowest BCUT2D eigenvalue weighted by molar-refractivity contribution is -0.0498. The fourth-order valence-electron chi connectivity index (χ4n) is 1.59. The number of allylic oxidation sites excluding steroid dienone is 1. The van der Waals surface area contributed by atoms with E-state index in [1.807, 2.05) is 0 Å². The first-order valence-corrected chi connectivity index (χ1v) is 5.80. The first kappa shape index (κ1) is 13.9. The maximum absolute atomic E-state index is 12.0. The molecule has 0 spiro atoms. The van der Waals surface area contributed by atoms with Crippen molar-refractivity contribution in [2.75, 3.05) is 0 Å². The summed E-state index contributed by atoms with van der Waals surface area (Å²) in [7, 11) is 1.78. The summed E-state index contributed by atoms with van der Waals surface area (Å²) in [5.74, 6) is -0.203. The van der Waals surface area contributed by atoms with Crippen molar-refractivity contribution < 1.29 is 18.3 Å². The first-order chi connectivity index (χ1) is 9.54. The van der Waals surface area contributed by atoms with Gasteiger partial charge in [0.05, 0.1) is 6.20 Å². The Hall–Kier alpha value is -2.50. The highest BCUT2D eigenvalue weighted by Gasteiger charge is 2.06. The predicted molar refractivity (Wildman–Crippen MR) is 69.6 cm³/mol. The number of aromatic nitrogens is 2. The van der Waals surface area contributed by atoms with E-state index in [1.165, 1.54) is 30.3 Å². The van der Waals surface area contributed by atoms with Gasteiger partial charge in [-0.2, -0.15) is 13.9 Å². The van der Waals surface area contributed by atoms with E-state index in [4.69, 9.17) is 0 Å². The van der Waals surface area contributed by atoms with Gasteiger partial charge in [-0.05, 0) is 36.4 Å². The molecule has 1 aromatic carbocycles.